The molecule has 0 amide bonds. The third kappa shape index (κ3) is 2.34. The van der Waals surface area contributed by atoms with Crippen LogP contribution in [-0.4, -0.2) is 9.59 Å². The van der Waals surface area contributed by atoms with Gasteiger partial charge in [-0.3, -0.25) is 5.84 Å². The van der Waals surface area contributed by atoms with Gasteiger partial charge in [-0.05, 0) is 29.2 Å². The molecule has 3 N–H and O–H groups in total. The smallest absolute Gasteiger partial charge is 0.0983 e. The quantitative estimate of drug-likeness (QED) is 0.667. The van der Waals surface area contributed by atoms with E-state index < -0.39 is 0 Å². The van der Waals surface area contributed by atoms with Crippen LogP contribution in [0.4, 0.5) is 0 Å². The zero-order valence-electron chi connectivity index (χ0n) is 8.02. The molecule has 1 unspecified atom stereocenters. The van der Waals surface area contributed by atoms with E-state index >= 15 is 0 Å². The van der Waals surface area contributed by atoms with E-state index in [2.05, 4.69) is 15.0 Å². The lowest BCUT2D eigenvalue weighted by atomic mass is 10.1. The van der Waals surface area contributed by atoms with E-state index in [1.165, 1.54) is 11.5 Å². The molecule has 16 heavy (non-hydrogen) atoms. The molecule has 0 aliphatic carbocycles. The minimum Gasteiger partial charge on any atom is -0.271 e. The first-order valence-electron chi connectivity index (χ1n) is 4.40. The molecule has 0 saturated heterocycles. The number of hydrazine groups is 1. The summed E-state index contributed by atoms with van der Waals surface area (Å²) in [4.78, 5) is 0. The van der Waals surface area contributed by atoms with Gasteiger partial charge in [0, 0.05) is 5.38 Å². The van der Waals surface area contributed by atoms with Gasteiger partial charge in [0.2, 0.25) is 0 Å². The highest BCUT2D eigenvalue weighted by Gasteiger charge is 2.15. The molecule has 7 heteroatoms. The highest BCUT2D eigenvalue weighted by Crippen LogP contribution is 2.27. The molecule has 1 aromatic heterocycles. The molecule has 0 saturated carbocycles. The van der Waals surface area contributed by atoms with Crippen LogP contribution in [0, 0.1) is 0 Å². The fourth-order valence-corrected chi connectivity index (χ4v) is 2.13. The van der Waals surface area contributed by atoms with Crippen LogP contribution in [0.25, 0.3) is 0 Å². The minimum atomic E-state index is -0.228. The highest BCUT2D eigenvalue weighted by atomic mass is 35.5. The first-order chi connectivity index (χ1) is 7.72. The number of rotatable bonds is 3. The summed E-state index contributed by atoms with van der Waals surface area (Å²) in [6.07, 6.45) is 0. The SMILES string of the molecule is NNC(c1ccc(Cl)c(Cl)c1)c1csnn1. The van der Waals surface area contributed by atoms with Crippen LogP contribution in [0.1, 0.15) is 17.3 Å². The molecule has 0 aliphatic rings. The van der Waals surface area contributed by atoms with Crippen LogP contribution < -0.4 is 11.3 Å². The monoisotopic (exact) mass is 274 g/mol. The van der Waals surface area contributed by atoms with Crippen molar-refractivity contribution in [2.24, 2.45) is 5.84 Å². The van der Waals surface area contributed by atoms with Crippen molar-refractivity contribution in [2.45, 2.75) is 6.04 Å². The van der Waals surface area contributed by atoms with E-state index in [1.807, 2.05) is 11.4 Å². The van der Waals surface area contributed by atoms with E-state index in [9.17, 15) is 0 Å². The summed E-state index contributed by atoms with van der Waals surface area (Å²) in [5, 5.41) is 6.79. The van der Waals surface area contributed by atoms with Gasteiger partial charge in [0.05, 0.1) is 21.8 Å². The Morgan fingerprint density at radius 3 is 2.69 bits per heavy atom. The van der Waals surface area contributed by atoms with Crippen LogP contribution >= 0.6 is 34.7 Å². The van der Waals surface area contributed by atoms with Gasteiger partial charge in [-0.25, -0.2) is 5.43 Å². The van der Waals surface area contributed by atoms with Crippen LogP contribution in [0.15, 0.2) is 23.6 Å². The molecule has 84 valence electrons. The normalized spacial score (nSPS) is 12.7. The number of benzene rings is 1. The zero-order valence-corrected chi connectivity index (χ0v) is 10.4. The van der Waals surface area contributed by atoms with Gasteiger partial charge >= 0.3 is 0 Å². The van der Waals surface area contributed by atoms with Crippen molar-refractivity contribution in [2.75, 3.05) is 0 Å². The van der Waals surface area contributed by atoms with E-state index in [0.29, 0.717) is 10.0 Å². The zero-order chi connectivity index (χ0) is 11.5. The maximum Gasteiger partial charge on any atom is 0.0983 e. The fraction of sp³-hybridized carbons (Fsp3) is 0.111. The molecule has 1 atom stereocenters. The van der Waals surface area contributed by atoms with Gasteiger partial charge in [0.15, 0.2) is 0 Å². The fourth-order valence-electron chi connectivity index (χ4n) is 1.34. The first-order valence-corrected chi connectivity index (χ1v) is 5.99. The molecule has 0 radical (unpaired) electrons. The summed E-state index contributed by atoms with van der Waals surface area (Å²) in [6, 6.07) is 5.10. The van der Waals surface area contributed by atoms with Crippen molar-refractivity contribution in [1.82, 2.24) is 15.0 Å². The second-order valence-corrected chi connectivity index (χ2v) is 4.53. The van der Waals surface area contributed by atoms with Crippen molar-refractivity contribution in [3.63, 3.8) is 0 Å². The summed E-state index contributed by atoms with van der Waals surface area (Å²) in [5.74, 6) is 5.49. The number of aromatic nitrogens is 2. The summed E-state index contributed by atoms with van der Waals surface area (Å²) >= 11 is 13.1. The van der Waals surface area contributed by atoms with Gasteiger partial charge in [-0.2, -0.15) is 0 Å². The van der Waals surface area contributed by atoms with Gasteiger partial charge in [-0.1, -0.05) is 33.8 Å². The predicted molar refractivity (Wildman–Crippen MR) is 65.5 cm³/mol. The molecule has 0 aliphatic heterocycles. The average molecular weight is 275 g/mol. The molecule has 2 aromatic rings. The van der Waals surface area contributed by atoms with Crippen molar-refractivity contribution in [3.8, 4) is 0 Å². The Kier molecular flexibility index (Phi) is 3.73. The lowest BCUT2D eigenvalue weighted by Crippen LogP contribution is -2.29. The Labute approximate surface area is 107 Å². The predicted octanol–water partition coefficient (Wildman–Crippen LogP) is 2.40. The summed E-state index contributed by atoms with van der Waals surface area (Å²) in [6.45, 7) is 0. The summed E-state index contributed by atoms with van der Waals surface area (Å²) < 4.78 is 3.79. The Morgan fingerprint density at radius 2 is 2.12 bits per heavy atom. The third-order valence-electron chi connectivity index (χ3n) is 2.12. The van der Waals surface area contributed by atoms with E-state index in [1.54, 1.807) is 12.1 Å². The molecule has 0 fully saturated rings. The van der Waals surface area contributed by atoms with E-state index in [0.717, 1.165) is 11.3 Å². The number of nitrogens with zero attached hydrogens (tertiary/aromatic N) is 2. The highest BCUT2D eigenvalue weighted by molar-refractivity contribution is 7.03. The second kappa shape index (κ2) is 5.07. The van der Waals surface area contributed by atoms with Gasteiger partial charge in [0.1, 0.15) is 0 Å². The van der Waals surface area contributed by atoms with Crippen LogP contribution in [-0.2, 0) is 0 Å². The maximum atomic E-state index is 5.94. The number of hydrogen-bond donors (Lipinski definition) is 2. The minimum absolute atomic E-state index is 0.228. The number of nitrogens with one attached hydrogen (secondary N) is 1. The van der Waals surface area contributed by atoms with Crippen LogP contribution in [0.2, 0.25) is 10.0 Å². The largest absolute Gasteiger partial charge is 0.271 e. The number of nitrogens with two attached hydrogens (primary N) is 1. The Morgan fingerprint density at radius 1 is 1.31 bits per heavy atom. The maximum absolute atomic E-state index is 5.94. The van der Waals surface area contributed by atoms with Gasteiger partial charge in [0.25, 0.3) is 0 Å². The lowest BCUT2D eigenvalue weighted by Gasteiger charge is -2.13. The van der Waals surface area contributed by atoms with E-state index in [4.69, 9.17) is 29.0 Å². The van der Waals surface area contributed by atoms with Crippen molar-refractivity contribution in [3.05, 3.63) is 44.9 Å². The van der Waals surface area contributed by atoms with Crippen LogP contribution in [0.3, 0.4) is 0 Å². The second-order valence-electron chi connectivity index (χ2n) is 3.10. The van der Waals surface area contributed by atoms with Crippen molar-refractivity contribution >= 4 is 34.7 Å². The topological polar surface area (TPSA) is 63.8 Å². The molecule has 0 bridgehead atoms. The molecule has 2 rings (SSSR count). The van der Waals surface area contributed by atoms with Gasteiger partial charge < -0.3 is 0 Å². The average Bonchev–Trinajstić information content (AvgIpc) is 2.78. The van der Waals surface area contributed by atoms with Crippen molar-refractivity contribution < 1.29 is 0 Å². The lowest BCUT2D eigenvalue weighted by molar-refractivity contribution is 0.619. The molecule has 1 aromatic carbocycles. The molecule has 4 nitrogen and oxygen atoms in total. The van der Waals surface area contributed by atoms with Crippen molar-refractivity contribution in [1.29, 1.82) is 0 Å². The molecule has 0 spiro atoms. The summed E-state index contributed by atoms with van der Waals surface area (Å²) in [5.41, 5.74) is 4.32. The number of halogens is 2. The van der Waals surface area contributed by atoms with Gasteiger partial charge in [-0.15, -0.1) is 5.10 Å². The third-order valence-corrected chi connectivity index (χ3v) is 3.38. The van der Waals surface area contributed by atoms with Crippen LogP contribution in [0.5, 0.6) is 0 Å². The first kappa shape index (κ1) is 11.8. The Hall–Kier alpha value is -0.720. The molecular formula is C9H8Cl2N4S. The molecule has 1 heterocycles. The number of hydrogen-bond acceptors (Lipinski definition) is 5. The Balaban J connectivity index is 2.37. The Bertz CT molecular complexity index is 474. The molecular weight excluding hydrogens is 267 g/mol. The standard InChI is InChI=1S/C9H8Cl2N4S/c10-6-2-1-5(3-7(6)11)9(13-12)8-4-16-15-14-8/h1-4,9,13H,12H2. The summed E-state index contributed by atoms with van der Waals surface area (Å²) in [7, 11) is 0. The van der Waals surface area contributed by atoms with E-state index in [-0.39, 0.29) is 6.04 Å².